The zero-order chi connectivity index (χ0) is 15.6. The molecule has 1 aliphatic rings. The number of hydrogen-bond acceptors (Lipinski definition) is 3. The van der Waals surface area contributed by atoms with E-state index in [0.717, 1.165) is 18.4 Å². The first kappa shape index (κ1) is 15.5. The lowest BCUT2D eigenvalue weighted by Crippen LogP contribution is -2.38. The molecule has 0 saturated heterocycles. The van der Waals surface area contributed by atoms with Crippen molar-refractivity contribution in [3.05, 3.63) is 63.2 Å². The molecule has 2 heterocycles. The van der Waals surface area contributed by atoms with Crippen molar-refractivity contribution < 1.29 is 8.42 Å². The SMILES string of the molecule is CCC1c2ccsc2CCN1S(=O)(=O)/C=C/c1ccccc1. The molecule has 0 fully saturated rings. The molecule has 1 aromatic heterocycles. The van der Waals surface area contributed by atoms with Crippen LogP contribution in [0.4, 0.5) is 0 Å². The second-order valence-electron chi connectivity index (χ2n) is 5.34. The van der Waals surface area contributed by atoms with Gasteiger partial charge in [-0.1, -0.05) is 37.3 Å². The first-order chi connectivity index (χ1) is 10.6. The maximum atomic E-state index is 12.7. The van der Waals surface area contributed by atoms with Gasteiger partial charge in [0.2, 0.25) is 10.0 Å². The molecule has 0 bridgehead atoms. The van der Waals surface area contributed by atoms with Crippen LogP contribution in [-0.2, 0) is 16.4 Å². The van der Waals surface area contributed by atoms with Crippen molar-refractivity contribution in [1.29, 1.82) is 0 Å². The zero-order valence-corrected chi connectivity index (χ0v) is 14.1. The highest BCUT2D eigenvalue weighted by atomic mass is 32.2. The minimum atomic E-state index is -3.41. The van der Waals surface area contributed by atoms with Crippen molar-refractivity contribution in [1.82, 2.24) is 4.31 Å². The van der Waals surface area contributed by atoms with E-state index in [0.29, 0.717) is 6.54 Å². The van der Waals surface area contributed by atoms with Gasteiger partial charge in [0.15, 0.2) is 0 Å². The molecule has 1 aliphatic heterocycles. The van der Waals surface area contributed by atoms with Gasteiger partial charge in [0.1, 0.15) is 0 Å². The summed E-state index contributed by atoms with van der Waals surface area (Å²) < 4.78 is 27.0. The van der Waals surface area contributed by atoms with Crippen LogP contribution in [0.3, 0.4) is 0 Å². The Morgan fingerprint density at radius 2 is 2.05 bits per heavy atom. The van der Waals surface area contributed by atoms with Crippen LogP contribution in [0.25, 0.3) is 6.08 Å². The molecule has 1 atom stereocenters. The second-order valence-corrected chi connectivity index (χ2v) is 8.11. The van der Waals surface area contributed by atoms with E-state index in [2.05, 4.69) is 11.4 Å². The lowest BCUT2D eigenvalue weighted by Gasteiger charge is -2.33. The maximum Gasteiger partial charge on any atom is 0.236 e. The number of rotatable bonds is 4. The van der Waals surface area contributed by atoms with Crippen LogP contribution in [0, 0.1) is 0 Å². The summed E-state index contributed by atoms with van der Waals surface area (Å²) in [6.45, 7) is 2.61. The molecule has 0 spiro atoms. The van der Waals surface area contributed by atoms with Crippen LogP contribution in [0.5, 0.6) is 0 Å². The summed E-state index contributed by atoms with van der Waals surface area (Å²) >= 11 is 1.73. The monoisotopic (exact) mass is 333 g/mol. The number of benzene rings is 1. The van der Waals surface area contributed by atoms with Crippen LogP contribution >= 0.6 is 11.3 Å². The van der Waals surface area contributed by atoms with E-state index >= 15 is 0 Å². The van der Waals surface area contributed by atoms with Crippen molar-refractivity contribution in [3.63, 3.8) is 0 Å². The van der Waals surface area contributed by atoms with Crippen LogP contribution in [0.1, 0.15) is 35.4 Å². The smallest absolute Gasteiger partial charge is 0.207 e. The molecule has 0 aliphatic carbocycles. The quantitative estimate of drug-likeness (QED) is 0.846. The van der Waals surface area contributed by atoms with Gasteiger partial charge in [-0.2, -0.15) is 4.31 Å². The summed E-state index contributed by atoms with van der Waals surface area (Å²) in [5, 5.41) is 3.39. The summed E-state index contributed by atoms with van der Waals surface area (Å²) in [6.07, 6.45) is 3.27. The Morgan fingerprint density at radius 1 is 1.27 bits per heavy atom. The molecule has 0 amide bonds. The van der Waals surface area contributed by atoms with Crippen molar-refractivity contribution in [2.24, 2.45) is 0 Å². The summed E-state index contributed by atoms with van der Waals surface area (Å²) in [5.74, 6) is 0. The highest BCUT2D eigenvalue weighted by molar-refractivity contribution is 7.92. The molecule has 22 heavy (non-hydrogen) atoms. The minimum absolute atomic E-state index is 0.0413. The lowest BCUT2D eigenvalue weighted by atomic mass is 10.0. The van der Waals surface area contributed by atoms with Gasteiger partial charge < -0.3 is 0 Å². The van der Waals surface area contributed by atoms with Gasteiger partial charge >= 0.3 is 0 Å². The van der Waals surface area contributed by atoms with Crippen molar-refractivity contribution in [2.45, 2.75) is 25.8 Å². The summed E-state index contributed by atoms with van der Waals surface area (Å²) in [7, 11) is -3.41. The molecule has 1 aromatic carbocycles. The predicted octanol–water partition coefficient (Wildman–Crippen LogP) is 4.06. The third-order valence-electron chi connectivity index (χ3n) is 3.99. The molecule has 3 nitrogen and oxygen atoms in total. The summed E-state index contributed by atoms with van der Waals surface area (Å²) in [5.41, 5.74) is 2.07. The fourth-order valence-corrected chi connectivity index (χ4v) is 5.29. The van der Waals surface area contributed by atoms with Gasteiger partial charge in [-0.15, -0.1) is 11.3 Å². The predicted molar refractivity (Wildman–Crippen MR) is 92.2 cm³/mol. The van der Waals surface area contributed by atoms with Crippen molar-refractivity contribution in [2.75, 3.05) is 6.54 Å². The van der Waals surface area contributed by atoms with E-state index in [4.69, 9.17) is 0 Å². The lowest BCUT2D eigenvalue weighted by molar-refractivity contribution is 0.307. The molecule has 0 saturated carbocycles. The average Bonchev–Trinajstić information content (AvgIpc) is 3.01. The third kappa shape index (κ3) is 3.02. The molecular weight excluding hydrogens is 314 g/mol. The third-order valence-corrected chi connectivity index (χ3v) is 6.56. The van der Waals surface area contributed by atoms with Crippen LogP contribution in [-0.4, -0.2) is 19.3 Å². The van der Waals surface area contributed by atoms with E-state index in [1.165, 1.54) is 15.8 Å². The van der Waals surface area contributed by atoms with E-state index in [9.17, 15) is 8.42 Å². The Balaban J connectivity index is 1.88. The first-order valence-electron chi connectivity index (χ1n) is 7.43. The highest BCUT2D eigenvalue weighted by Gasteiger charge is 2.33. The molecule has 3 rings (SSSR count). The Labute approximate surface area is 136 Å². The molecule has 1 unspecified atom stereocenters. The number of thiophene rings is 1. The van der Waals surface area contributed by atoms with Gasteiger partial charge in [-0.05, 0) is 41.5 Å². The average molecular weight is 333 g/mol. The molecule has 5 heteroatoms. The van der Waals surface area contributed by atoms with Gasteiger partial charge in [0.05, 0.1) is 6.04 Å². The van der Waals surface area contributed by atoms with Crippen LogP contribution in [0.15, 0.2) is 47.2 Å². The highest BCUT2D eigenvalue weighted by Crippen LogP contribution is 2.37. The van der Waals surface area contributed by atoms with Gasteiger partial charge in [-0.25, -0.2) is 8.42 Å². The van der Waals surface area contributed by atoms with Gasteiger partial charge in [0.25, 0.3) is 0 Å². The fourth-order valence-electron chi connectivity index (χ4n) is 2.91. The van der Waals surface area contributed by atoms with Crippen molar-refractivity contribution in [3.8, 4) is 0 Å². The molecule has 0 N–H and O–H groups in total. The number of sulfonamides is 1. The topological polar surface area (TPSA) is 37.4 Å². The molecule has 116 valence electrons. The molecular formula is C17H19NO2S2. The number of fused-ring (bicyclic) bond motifs is 1. The van der Waals surface area contributed by atoms with Crippen LogP contribution in [0.2, 0.25) is 0 Å². The molecule has 2 aromatic rings. The Bertz CT molecular complexity index is 763. The second kappa shape index (κ2) is 6.36. The number of nitrogens with zero attached hydrogens (tertiary/aromatic N) is 1. The zero-order valence-electron chi connectivity index (χ0n) is 12.5. The summed E-state index contributed by atoms with van der Waals surface area (Å²) in [4.78, 5) is 1.32. The van der Waals surface area contributed by atoms with Crippen LogP contribution < -0.4 is 0 Å². The van der Waals surface area contributed by atoms with Gasteiger partial charge in [0, 0.05) is 16.8 Å². The van der Waals surface area contributed by atoms with Gasteiger partial charge in [-0.3, -0.25) is 0 Å². The van der Waals surface area contributed by atoms with Crippen molar-refractivity contribution >= 4 is 27.4 Å². The summed E-state index contributed by atoms with van der Waals surface area (Å²) in [6, 6.07) is 11.5. The van der Waals surface area contributed by atoms with E-state index in [-0.39, 0.29) is 6.04 Å². The fraction of sp³-hybridized carbons (Fsp3) is 0.294. The largest absolute Gasteiger partial charge is 0.236 e. The van der Waals surface area contributed by atoms with E-state index < -0.39 is 10.0 Å². The normalized spacial score (nSPS) is 19.4. The Kier molecular flexibility index (Phi) is 4.47. The van der Waals surface area contributed by atoms with E-state index in [1.54, 1.807) is 21.7 Å². The Morgan fingerprint density at radius 3 is 2.77 bits per heavy atom. The minimum Gasteiger partial charge on any atom is -0.207 e. The number of hydrogen-bond donors (Lipinski definition) is 0. The maximum absolute atomic E-state index is 12.7. The molecule has 0 radical (unpaired) electrons. The first-order valence-corrected chi connectivity index (χ1v) is 9.81. The Hall–Kier alpha value is -1.43. The van der Waals surface area contributed by atoms with E-state index in [1.807, 2.05) is 37.3 Å². The standard InChI is InChI=1S/C17H19NO2S2/c1-2-16-15-9-12-21-17(15)8-11-18(16)22(19,20)13-10-14-6-4-3-5-7-14/h3-7,9-10,12-13,16H,2,8,11H2,1H3/b13-10+.